The molecule has 1 N–H and O–H groups in total. The number of likely N-dealkylation sites (N-methyl/N-ethyl adjacent to an activating group) is 1. The monoisotopic (exact) mass is 350 g/mol. The molecule has 2 amide bonds. The molecule has 2 aliphatic heterocycles. The molecule has 5 nitrogen and oxygen atoms in total. The van der Waals surface area contributed by atoms with Crippen molar-refractivity contribution in [3.63, 3.8) is 0 Å². The third-order valence-corrected chi connectivity index (χ3v) is 5.29. The van der Waals surface area contributed by atoms with Gasteiger partial charge in [-0.2, -0.15) is 0 Å². The van der Waals surface area contributed by atoms with E-state index < -0.39 is 0 Å². The molecular formula is C21H26N4O. The van der Waals surface area contributed by atoms with Crippen LogP contribution in [0.25, 0.3) is 0 Å². The van der Waals surface area contributed by atoms with Crippen LogP contribution in [0.1, 0.15) is 12.0 Å². The maximum absolute atomic E-state index is 12.9. The molecule has 1 atom stereocenters. The van der Waals surface area contributed by atoms with Crippen molar-refractivity contribution in [1.82, 2.24) is 10.2 Å². The molecule has 26 heavy (non-hydrogen) atoms. The highest BCUT2D eigenvalue weighted by Gasteiger charge is 2.29. The van der Waals surface area contributed by atoms with E-state index in [4.69, 9.17) is 0 Å². The van der Waals surface area contributed by atoms with Gasteiger partial charge in [-0.25, -0.2) is 4.79 Å². The summed E-state index contributed by atoms with van der Waals surface area (Å²) in [5, 5.41) is 3.21. The Kier molecular flexibility index (Phi) is 4.80. The molecule has 0 spiro atoms. The number of hydrogen-bond acceptors (Lipinski definition) is 3. The van der Waals surface area contributed by atoms with Crippen LogP contribution in [0.4, 0.5) is 16.2 Å². The molecule has 1 fully saturated rings. The number of para-hydroxylation sites is 2. The lowest BCUT2D eigenvalue weighted by atomic mass is 10.1. The van der Waals surface area contributed by atoms with Crippen LogP contribution < -0.4 is 15.1 Å². The lowest BCUT2D eigenvalue weighted by molar-refractivity contribution is 0.242. The Morgan fingerprint density at radius 2 is 1.73 bits per heavy atom. The molecule has 0 radical (unpaired) electrons. The first-order chi connectivity index (χ1) is 12.7. The van der Waals surface area contributed by atoms with E-state index in [1.807, 2.05) is 29.2 Å². The van der Waals surface area contributed by atoms with E-state index in [9.17, 15) is 4.79 Å². The van der Waals surface area contributed by atoms with Gasteiger partial charge in [0.2, 0.25) is 0 Å². The Balaban J connectivity index is 1.51. The zero-order valence-corrected chi connectivity index (χ0v) is 15.3. The highest BCUT2D eigenvalue weighted by atomic mass is 16.2. The standard InChI is InChI=1S/C21H26N4O/c1-23-12-11-18(16-23)22-21(26)25-14-13-24(15-17-7-3-2-4-8-17)19-9-5-6-10-20(19)25/h2-10,18H,11-16H2,1H3,(H,22,26)/t18-/m1/s1. The Bertz CT molecular complexity index is 764. The van der Waals surface area contributed by atoms with Gasteiger partial charge in [0.25, 0.3) is 0 Å². The van der Waals surface area contributed by atoms with Crippen LogP contribution in [-0.4, -0.2) is 50.2 Å². The van der Waals surface area contributed by atoms with Crippen molar-refractivity contribution in [3.05, 3.63) is 60.2 Å². The third-order valence-electron chi connectivity index (χ3n) is 5.29. The second kappa shape index (κ2) is 7.38. The molecule has 2 aliphatic rings. The summed E-state index contributed by atoms with van der Waals surface area (Å²) in [6.07, 6.45) is 1.03. The molecule has 136 valence electrons. The third kappa shape index (κ3) is 3.53. The zero-order valence-electron chi connectivity index (χ0n) is 15.3. The first-order valence-electron chi connectivity index (χ1n) is 9.35. The molecule has 0 bridgehead atoms. The van der Waals surface area contributed by atoms with Crippen LogP contribution >= 0.6 is 0 Å². The minimum atomic E-state index is 0.0251. The maximum atomic E-state index is 12.9. The van der Waals surface area contributed by atoms with Gasteiger partial charge in [0.1, 0.15) is 0 Å². The van der Waals surface area contributed by atoms with E-state index in [0.29, 0.717) is 6.54 Å². The lowest BCUT2D eigenvalue weighted by Gasteiger charge is -2.38. The van der Waals surface area contributed by atoms with Gasteiger partial charge in [0.15, 0.2) is 0 Å². The van der Waals surface area contributed by atoms with Gasteiger partial charge < -0.3 is 15.1 Å². The fourth-order valence-corrected chi connectivity index (χ4v) is 3.91. The van der Waals surface area contributed by atoms with Crippen LogP contribution in [-0.2, 0) is 6.54 Å². The zero-order chi connectivity index (χ0) is 17.9. The maximum Gasteiger partial charge on any atom is 0.322 e. The van der Waals surface area contributed by atoms with Crippen molar-refractivity contribution in [2.24, 2.45) is 0 Å². The SMILES string of the molecule is CN1CC[C@@H](NC(=O)N2CCN(Cc3ccccc3)c3ccccc32)C1. The summed E-state index contributed by atoms with van der Waals surface area (Å²) >= 11 is 0. The number of rotatable bonds is 3. The lowest BCUT2D eigenvalue weighted by Crippen LogP contribution is -2.50. The van der Waals surface area contributed by atoms with Crippen LogP contribution in [0.5, 0.6) is 0 Å². The molecule has 0 unspecified atom stereocenters. The minimum absolute atomic E-state index is 0.0251. The number of fused-ring (bicyclic) bond motifs is 1. The highest BCUT2D eigenvalue weighted by molar-refractivity contribution is 5.97. The van der Waals surface area contributed by atoms with E-state index in [0.717, 1.165) is 44.0 Å². The number of carbonyl (C=O) groups is 1. The van der Waals surface area contributed by atoms with Gasteiger partial charge in [-0.1, -0.05) is 42.5 Å². The Hall–Kier alpha value is -2.53. The smallest absolute Gasteiger partial charge is 0.322 e. The second-order valence-corrected chi connectivity index (χ2v) is 7.24. The second-order valence-electron chi connectivity index (χ2n) is 7.24. The summed E-state index contributed by atoms with van der Waals surface area (Å²) in [4.78, 5) is 19.4. The van der Waals surface area contributed by atoms with Crippen molar-refractivity contribution in [2.75, 3.05) is 43.0 Å². The quantitative estimate of drug-likeness (QED) is 0.925. The average Bonchev–Trinajstić information content (AvgIpc) is 3.07. The topological polar surface area (TPSA) is 38.8 Å². The number of amides is 2. The summed E-state index contributed by atoms with van der Waals surface area (Å²) in [7, 11) is 2.10. The first-order valence-corrected chi connectivity index (χ1v) is 9.35. The number of likely N-dealkylation sites (tertiary alicyclic amines) is 1. The largest absolute Gasteiger partial charge is 0.364 e. The van der Waals surface area contributed by atoms with Gasteiger partial charge in [-0.3, -0.25) is 4.90 Å². The molecule has 4 rings (SSSR count). The van der Waals surface area contributed by atoms with Crippen molar-refractivity contribution in [3.8, 4) is 0 Å². The van der Waals surface area contributed by atoms with Gasteiger partial charge in [0, 0.05) is 32.2 Å². The summed E-state index contributed by atoms with van der Waals surface area (Å²) in [6, 6.07) is 19.0. The molecule has 2 aromatic rings. The minimum Gasteiger partial charge on any atom is -0.364 e. The van der Waals surface area contributed by atoms with Gasteiger partial charge in [-0.15, -0.1) is 0 Å². The van der Waals surface area contributed by atoms with Crippen molar-refractivity contribution in [1.29, 1.82) is 0 Å². The number of nitrogens with one attached hydrogen (secondary N) is 1. The van der Waals surface area contributed by atoms with Crippen LogP contribution in [0.3, 0.4) is 0 Å². The average molecular weight is 350 g/mol. The van der Waals surface area contributed by atoms with E-state index in [2.05, 4.69) is 52.5 Å². The summed E-state index contributed by atoms with van der Waals surface area (Å²) in [5.74, 6) is 0. The summed E-state index contributed by atoms with van der Waals surface area (Å²) < 4.78 is 0. The van der Waals surface area contributed by atoms with Gasteiger partial charge in [0.05, 0.1) is 11.4 Å². The number of nitrogens with zero attached hydrogens (tertiary/aromatic N) is 3. The number of urea groups is 1. The molecular weight excluding hydrogens is 324 g/mol. The molecule has 2 heterocycles. The molecule has 0 aromatic heterocycles. The summed E-state index contributed by atoms with van der Waals surface area (Å²) in [6.45, 7) is 4.39. The Labute approximate surface area is 155 Å². The van der Waals surface area contributed by atoms with Crippen LogP contribution in [0.15, 0.2) is 54.6 Å². The van der Waals surface area contributed by atoms with E-state index in [1.54, 1.807) is 0 Å². The van der Waals surface area contributed by atoms with Gasteiger partial charge >= 0.3 is 6.03 Å². The predicted octanol–water partition coefficient (Wildman–Crippen LogP) is 2.93. The predicted molar refractivity (Wildman–Crippen MR) is 106 cm³/mol. The number of anilines is 2. The van der Waals surface area contributed by atoms with Crippen molar-refractivity contribution < 1.29 is 4.79 Å². The summed E-state index contributed by atoms with van der Waals surface area (Å²) in [5.41, 5.74) is 3.41. The van der Waals surface area contributed by atoms with E-state index in [1.165, 1.54) is 5.56 Å². The first kappa shape index (κ1) is 16.9. The number of hydrogen-bond donors (Lipinski definition) is 1. The van der Waals surface area contributed by atoms with Crippen molar-refractivity contribution in [2.45, 2.75) is 19.0 Å². The molecule has 5 heteroatoms. The normalized spacial score (nSPS) is 20.1. The Morgan fingerprint density at radius 3 is 2.46 bits per heavy atom. The molecule has 0 aliphatic carbocycles. The van der Waals surface area contributed by atoms with Crippen LogP contribution in [0, 0.1) is 0 Å². The molecule has 2 aromatic carbocycles. The van der Waals surface area contributed by atoms with Crippen LogP contribution in [0.2, 0.25) is 0 Å². The highest BCUT2D eigenvalue weighted by Crippen LogP contribution is 2.33. The van der Waals surface area contributed by atoms with E-state index >= 15 is 0 Å². The molecule has 0 saturated carbocycles. The fraction of sp³-hybridized carbons (Fsp3) is 0.381. The van der Waals surface area contributed by atoms with Gasteiger partial charge in [-0.05, 0) is 37.7 Å². The van der Waals surface area contributed by atoms with E-state index in [-0.39, 0.29) is 12.1 Å². The molecule has 1 saturated heterocycles. The number of benzene rings is 2. The van der Waals surface area contributed by atoms with Crippen molar-refractivity contribution >= 4 is 17.4 Å². The fourth-order valence-electron chi connectivity index (χ4n) is 3.91. The Morgan fingerprint density at radius 1 is 1.00 bits per heavy atom. The number of carbonyl (C=O) groups excluding carboxylic acids is 1.